The zero-order valence-corrected chi connectivity index (χ0v) is 13.4. The van der Waals surface area contributed by atoms with E-state index in [1.807, 2.05) is 6.07 Å². The highest BCUT2D eigenvalue weighted by Gasteiger charge is 2.09. The standard InChI is InChI=1S/C13H11BrClN3OS/c14-8-4-5-11(17-6-8)18-12(19)7-20-13-9(15)2-1-3-10(13)16/h1-6H,7,16H2,(H,17,18,19). The average molecular weight is 373 g/mol. The van der Waals surface area contributed by atoms with Gasteiger partial charge in [0.05, 0.1) is 10.8 Å². The predicted octanol–water partition coefficient (Wildman–Crippen LogP) is 3.81. The van der Waals surface area contributed by atoms with Crippen molar-refractivity contribution in [1.29, 1.82) is 0 Å². The van der Waals surface area contributed by atoms with Gasteiger partial charge in [0.1, 0.15) is 5.82 Å². The number of amides is 1. The van der Waals surface area contributed by atoms with Crippen LogP contribution in [0.5, 0.6) is 0 Å². The van der Waals surface area contributed by atoms with Crippen molar-refractivity contribution in [3.05, 3.63) is 46.0 Å². The normalized spacial score (nSPS) is 10.3. The Balaban J connectivity index is 1.94. The number of nitrogens with two attached hydrogens (primary N) is 1. The molecule has 1 aromatic carbocycles. The number of anilines is 2. The number of rotatable bonds is 4. The van der Waals surface area contributed by atoms with Gasteiger partial charge in [-0.25, -0.2) is 4.98 Å². The summed E-state index contributed by atoms with van der Waals surface area (Å²) in [7, 11) is 0. The molecule has 0 aliphatic carbocycles. The van der Waals surface area contributed by atoms with Crippen LogP contribution in [0.25, 0.3) is 0 Å². The highest BCUT2D eigenvalue weighted by molar-refractivity contribution is 9.10. The molecule has 2 aromatic rings. The summed E-state index contributed by atoms with van der Waals surface area (Å²) in [5.74, 6) is 0.557. The lowest BCUT2D eigenvalue weighted by Crippen LogP contribution is -2.15. The van der Waals surface area contributed by atoms with Crippen LogP contribution in [0, 0.1) is 0 Å². The van der Waals surface area contributed by atoms with E-state index in [0.717, 1.165) is 4.47 Å². The maximum absolute atomic E-state index is 11.8. The van der Waals surface area contributed by atoms with Crippen molar-refractivity contribution in [3.63, 3.8) is 0 Å². The third-order valence-corrected chi connectivity index (χ3v) is 4.39. The molecule has 3 N–H and O–H groups in total. The van der Waals surface area contributed by atoms with Gasteiger partial charge in [0.25, 0.3) is 0 Å². The summed E-state index contributed by atoms with van der Waals surface area (Å²) < 4.78 is 0.855. The molecule has 0 saturated heterocycles. The molecule has 0 spiro atoms. The second-order valence-corrected chi connectivity index (χ2v) is 6.17. The van der Waals surface area contributed by atoms with Crippen LogP contribution in [0.4, 0.5) is 11.5 Å². The fourth-order valence-corrected chi connectivity index (χ4v) is 2.81. The summed E-state index contributed by atoms with van der Waals surface area (Å²) in [4.78, 5) is 16.6. The zero-order valence-electron chi connectivity index (χ0n) is 10.3. The van der Waals surface area contributed by atoms with Gasteiger partial charge in [-0.05, 0) is 40.2 Å². The van der Waals surface area contributed by atoms with Crippen molar-refractivity contribution in [2.75, 3.05) is 16.8 Å². The van der Waals surface area contributed by atoms with Gasteiger partial charge in [-0.2, -0.15) is 0 Å². The van der Waals surface area contributed by atoms with E-state index in [9.17, 15) is 4.79 Å². The van der Waals surface area contributed by atoms with Gasteiger partial charge in [0.15, 0.2) is 0 Å². The molecule has 0 radical (unpaired) electrons. The van der Waals surface area contributed by atoms with E-state index in [-0.39, 0.29) is 11.7 Å². The summed E-state index contributed by atoms with van der Waals surface area (Å²) in [6.45, 7) is 0. The second-order valence-electron chi connectivity index (χ2n) is 3.86. The van der Waals surface area contributed by atoms with Gasteiger partial charge in [-0.1, -0.05) is 17.7 Å². The molecule has 1 aromatic heterocycles. The Morgan fingerprint density at radius 1 is 1.40 bits per heavy atom. The average Bonchev–Trinajstić information content (AvgIpc) is 2.41. The molecule has 0 atom stereocenters. The molecule has 1 amide bonds. The van der Waals surface area contributed by atoms with Crippen LogP contribution in [-0.2, 0) is 4.79 Å². The van der Waals surface area contributed by atoms with Gasteiger partial charge >= 0.3 is 0 Å². The quantitative estimate of drug-likeness (QED) is 0.632. The van der Waals surface area contributed by atoms with Crippen molar-refractivity contribution in [1.82, 2.24) is 4.98 Å². The number of aromatic nitrogens is 1. The van der Waals surface area contributed by atoms with E-state index in [1.54, 1.807) is 30.5 Å². The van der Waals surface area contributed by atoms with Crippen LogP contribution < -0.4 is 11.1 Å². The molecule has 0 unspecified atom stereocenters. The Morgan fingerprint density at radius 3 is 2.85 bits per heavy atom. The summed E-state index contributed by atoms with van der Waals surface area (Å²) in [6.07, 6.45) is 1.62. The largest absolute Gasteiger partial charge is 0.398 e. The van der Waals surface area contributed by atoms with Gasteiger partial charge in [0, 0.05) is 21.3 Å². The van der Waals surface area contributed by atoms with Crippen LogP contribution in [-0.4, -0.2) is 16.6 Å². The Morgan fingerprint density at radius 2 is 2.20 bits per heavy atom. The lowest BCUT2D eigenvalue weighted by molar-refractivity contribution is -0.113. The van der Waals surface area contributed by atoms with Crippen LogP contribution >= 0.6 is 39.3 Å². The Kier molecular flexibility index (Phi) is 5.28. The topological polar surface area (TPSA) is 68.0 Å². The smallest absolute Gasteiger partial charge is 0.235 e. The fourth-order valence-electron chi connectivity index (χ4n) is 1.44. The first-order valence-electron chi connectivity index (χ1n) is 5.64. The SMILES string of the molecule is Nc1cccc(Cl)c1SCC(=O)Nc1ccc(Br)cn1. The minimum Gasteiger partial charge on any atom is -0.398 e. The monoisotopic (exact) mass is 371 g/mol. The van der Waals surface area contributed by atoms with Crippen LogP contribution in [0.3, 0.4) is 0 Å². The molecule has 104 valence electrons. The molecular weight excluding hydrogens is 362 g/mol. The minimum absolute atomic E-state index is 0.163. The maximum Gasteiger partial charge on any atom is 0.235 e. The molecule has 0 saturated carbocycles. The molecule has 0 aliphatic heterocycles. The predicted molar refractivity (Wildman–Crippen MR) is 87.2 cm³/mol. The fraction of sp³-hybridized carbons (Fsp3) is 0.0769. The number of nitrogens with zero attached hydrogens (tertiary/aromatic N) is 1. The molecule has 0 aliphatic rings. The number of benzene rings is 1. The molecular formula is C13H11BrClN3OS. The van der Waals surface area contributed by atoms with Crippen LogP contribution in [0.1, 0.15) is 0 Å². The number of pyridine rings is 1. The molecule has 20 heavy (non-hydrogen) atoms. The Hall–Kier alpha value is -1.24. The van der Waals surface area contributed by atoms with E-state index >= 15 is 0 Å². The number of hydrogen-bond donors (Lipinski definition) is 2. The van der Waals surface area contributed by atoms with E-state index in [1.165, 1.54) is 11.8 Å². The van der Waals surface area contributed by atoms with Crippen molar-refractivity contribution < 1.29 is 4.79 Å². The molecule has 7 heteroatoms. The first kappa shape index (κ1) is 15.2. The Labute approximate surface area is 134 Å². The van der Waals surface area contributed by atoms with Crippen molar-refractivity contribution in [2.45, 2.75) is 4.90 Å². The molecule has 0 fully saturated rings. The molecule has 2 rings (SSSR count). The Bertz CT molecular complexity index is 601. The number of hydrogen-bond acceptors (Lipinski definition) is 4. The number of thioether (sulfide) groups is 1. The van der Waals surface area contributed by atoms with Gasteiger partial charge < -0.3 is 11.1 Å². The lowest BCUT2D eigenvalue weighted by atomic mass is 10.3. The third kappa shape index (κ3) is 4.13. The summed E-state index contributed by atoms with van der Waals surface area (Å²) in [6, 6.07) is 8.79. The summed E-state index contributed by atoms with van der Waals surface area (Å²) in [5.41, 5.74) is 6.39. The van der Waals surface area contributed by atoms with Crippen molar-refractivity contribution in [2.24, 2.45) is 0 Å². The zero-order chi connectivity index (χ0) is 14.5. The molecule has 1 heterocycles. The molecule has 0 bridgehead atoms. The highest BCUT2D eigenvalue weighted by Crippen LogP contribution is 2.32. The summed E-state index contributed by atoms with van der Waals surface area (Å²) in [5, 5.41) is 3.25. The summed E-state index contributed by atoms with van der Waals surface area (Å²) >= 11 is 10.6. The van der Waals surface area contributed by atoms with E-state index in [4.69, 9.17) is 17.3 Å². The number of carbonyl (C=O) groups is 1. The van der Waals surface area contributed by atoms with Crippen molar-refractivity contribution in [3.8, 4) is 0 Å². The minimum atomic E-state index is -0.163. The second kappa shape index (κ2) is 6.97. The van der Waals surface area contributed by atoms with Crippen molar-refractivity contribution >= 4 is 56.7 Å². The third-order valence-electron chi connectivity index (χ3n) is 2.34. The first-order chi connectivity index (χ1) is 9.56. The number of halogens is 2. The maximum atomic E-state index is 11.8. The number of nitrogens with one attached hydrogen (secondary N) is 1. The van der Waals surface area contributed by atoms with Crippen LogP contribution in [0.2, 0.25) is 5.02 Å². The van der Waals surface area contributed by atoms with Crippen LogP contribution in [0.15, 0.2) is 45.9 Å². The molecule has 4 nitrogen and oxygen atoms in total. The van der Waals surface area contributed by atoms with E-state index in [0.29, 0.717) is 21.4 Å². The van der Waals surface area contributed by atoms with E-state index < -0.39 is 0 Å². The lowest BCUT2D eigenvalue weighted by Gasteiger charge is -2.08. The van der Waals surface area contributed by atoms with Gasteiger partial charge in [-0.15, -0.1) is 11.8 Å². The number of carbonyl (C=O) groups excluding carboxylic acids is 1. The highest BCUT2D eigenvalue weighted by atomic mass is 79.9. The van der Waals surface area contributed by atoms with Gasteiger partial charge in [-0.3, -0.25) is 4.79 Å². The first-order valence-corrected chi connectivity index (χ1v) is 7.80. The number of nitrogen functional groups attached to an aromatic ring is 1. The van der Waals surface area contributed by atoms with E-state index in [2.05, 4.69) is 26.2 Å². The van der Waals surface area contributed by atoms with Gasteiger partial charge in [0.2, 0.25) is 5.91 Å².